The topological polar surface area (TPSA) is 84.9 Å². The Balaban J connectivity index is 1.83. The summed E-state index contributed by atoms with van der Waals surface area (Å²) >= 11 is 0. The van der Waals surface area contributed by atoms with Crippen LogP contribution in [0.1, 0.15) is 59.3 Å². The van der Waals surface area contributed by atoms with Crippen molar-refractivity contribution in [2.75, 3.05) is 27.3 Å². The van der Waals surface area contributed by atoms with E-state index in [1.807, 2.05) is 14.0 Å². The predicted molar refractivity (Wildman–Crippen MR) is 115 cm³/mol. The van der Waals surface area contributed by atoms with Crippen LogP contribution in [0.5, 0.6) is 0 Å². The summed E-state index contributed by atoms with van der Waals surface area (Å²) in [7, 11) is 3.29. The Morgan fingerprint density at radius 3 is 2.70 bits per heavy atom. The van der Waals surface area contributed by atoms with Crippen molar-refractivity contribution in [2.45, 2.75) is 65.4 Å². The number of ether oxygens (including phenoxy) is 2. The SMILES string of the molecule is CNCCOC(=O)/C=C1\CC[C@H]2[C@H]([C@H](O)C[C@H]3[C@]2(C)CCC[C@]3(C)C(=O)OC)[C@H]1C. The minimum absolute atomic E-state index is 0.00180. The molecule has 0 amide bonds. The van der Waals surface area contributed by atoms with Crippen LogP contribution in [-0.2, 0) is 19.1 Å². The Morgan fingerprint density at radius 1 is 1.30 bits per heavy atom. The van der Waals surface area contributed by atoms with E-state index in [0.717, 1.165) is 37.7 Å². The molecule has 2 N–H and O–H groups in total. The second-order valence-corrected chi connectivity index (χ2v) is 10.1. The van der Waals surface area contributed by atoms with E-state index in [2.05, 4.69) is 19.2 Å². The van der Waals surface area contributed by atoms with Gasteiger partial charge in [-0.05, 0) is 75.2 Å². The van der Waals surface area contributed by atoms with Crippen LogP contribution in [0.2, 0.25) is 0 Å². The van der Waals surface area contributed by atoms with E-state index >= 15 is 0 Å². The number of methoxy groups -OCH3 is 1. The van der Waals surface area contributed by atoms with E-state index < -0.39 is 11.5 Å². The van der Waals surface area contributed by atoms with Gasteiger partial charge in [0.2, 0.25) is 0 Å². The number of allylic oxidation sites excluding steroid dienone is 1. The highest BCUT2D eigenvalue weighted by molar-refractivity contribution is 5.83. The number of rotatable bonds is 5. The second-order valence-electron chi connectivity index (χ2n) is 10.1. The average molecular weight is 422 g/mol. The zero-order valence-corrected chi connectivity index (χ0v) is 19.2. The molecule has 3 aliphatic carbocycles. The van der Waals surface area contributed by atoms with Crippen molar-refractivity contribution in [2.24, 2.45) is 34.5 Å². The Morgan fingerprint density at radius 2 is 2.03 bits per heavy atom. The van der Waals surface area contributed by atoms with Crippen LogP contribution in [-0.4, -0.2) is 50.5 Å². The molecule has 0 bridgehead atoms. The molecule has 3 saturated carbocycles. The number of hydrogen-bond donors (Lipinski definition) is 2. The fourth-order valence-corrected chi connectivity index (χ4v) is 7.12. The van der Waals surface area contributed by atoms with Crippen molar-refractivity contribution in [3.63, 3.8) is 0 Å². The number of likely N-dealkylation sites (N-methyl/N-ethyl adjacent to an activating group) is 1. The summed E-state index contributed by atoms with van der Waals surface area (Å²) in [5, 5.41) is 14.2. The molecule has 6 nitrogen and oxygen atoms in total. The first-order valence-corrected chi connectivity index (χ1v) is 11.5. The normalized spacial score (nSPS) is 42.2. The Kier molecular flexibility index (Phi) is 6.97. The Hall–Kier alpha value is -1.40. The Bertz CT molecular complexity index is 691. The zero-order chi connectivity index (χ0) is 22.1. The molecule has 0 radical (unpaired) electrons. The maximum Gasteiger partial charge on any atom is 0.330 e. The molecular weight excluding hydrogens is 382 g/mol. The molecular formula is C24H39NO5. The lowest BCUT2D eigenvalue weighted by molar-refractivity contribution is -0.189. The fourth-order valence-electron chi connectivity index (χ4n) is 7.12. The van der Waals surface area contributed by atoms with Crippen LogP contribution in [0, 0.1) is 34.5 Å². The quantitative estimate of drug-likeness (QED) is 0.403. The molecule has 0 aromatic rings. The lowest BCUT2D eigenvalue weighted by atomic mass is 9.42. The van der Waals surface area contributed by atoms with Crippen LogP contribution in [0.4, 0.5) is 0 Å². The monoisotopic (exact) mass is 421 g/mol. The van der Waals surface area contributed by atoms with E-state index in [4.69, 9.17) is 9.47 Å². The molecule has 3 rings (SSSR count). The van der Waals surface area contributed by atoms with Gasteiger partial charge in [-0.2, -0.15) is 0 Å². The fraction of sp³-hybridized carbons (Fsp3) is 0.833. The first-order chi connectivity index (χ1) is 14.2. The Labute approximate surface area is 180 Å². The summed E-state index contributed by atoms with van der Waals surface area (Å²) in [6.07, 6.45) is 6.48. The van der Waals surface area contributed by atoms with Crippen molar-refractivity contribution in [1.82, 2.24) is 5.32 Å². The summed E-state index contributed by atoms with van der Waals surface area (Å²) in [6, 6.07) is 0. The van der Waals surface area contributed by atoms with Gasteiger partial charge in [-0.15, -0.1) is 0 Å². The van der Waals surface area contributed by atoms with E-state index in [1.165, 1.54) is 7.11 Å². The molecule has 0 aliphatic heterocycles. The third kappa shape index (κ3) is 3.93. The number of nitrogens with one attached hydrogen (secondary N) is 1. The van der Waals surface area contributed by atoms with Gasteiger partial charge in [-0.25, -0.2) is 4.79 Å². The molecule has 3 aliphatic rings. The van der Waals surface area contributed by atoms with Crippen molar-refractivity contribution in [3.8, 4) is 0 Å². The number of esters is 2. The van der Waals surface area contributed by atoms with Crippen molar-refractivity contribution < 1.29 is 24.2 Å². The standard InChI is InChI=1S/C24H39NO5/c1-15-16(13-20(27)30-12-11-25-4)7-8-17-21(15)18(26)14-19-23(17,2)9-6-10-24(19,3)22(28)29-5/h13,15,17-19,21,25-26H,6-12,14H2,1-5H3/b16-13+/t15-,17-,18+,19-,21+,23+,24-/m0/s1. The third-order valence-electron chi connectivity index (χ3n) is 8.67. The largest absolute Gasteiger partial charge is 0.469 e. The number of carbonyl (C=O) groups is 2. The number of fused-ring (bicyclic) bond motifs is 3. The number of aliphatic hydroxyl groups excluding tert-OH is 1. The van der Waals surface area contributed by atoms with Gasteiger partial charge >= 0.3 is 11.9 Å². The highest BCUT2D eigenvalue weighted by Gasteiger charge is 2.62. The van der Waals surface area contributed by atoms with Crippen LogP contribution in [0.3, 0.4) is 0 Å². The molecule has 0 saturated heterocycles. The highest BCUT2D eigenvalue weighted by Crippen LogP contribution is 2.65. The summed E-state index contributed by atoms with van der Waals surface area (Å²) < 4.78 is 10.5. The van der Waals surface area contributed by atoms with Crippen LogP contribution < -0.4 is 5.32 Å². The van der Waals surface area contributed by atoms with Gasteiger partial charge in [0.05, 0.1) is 18.6 Å². The lowest BCUT2D eigenvalue weighted by Gasteiger charge is -2.62. The van der Waals surface area contributed by atoms with Crippen molar-refractivity contribution in [3.05, 3.63) is 11.6 Å². The van der Waals surface area contributed by atoms with Gasteiger partial charge in [0.15, 0.2) is 0 Å². The van der Waals surface area contributed by atoms with Gasteiger partial charge in [0, 0.05) is 12.6 Å². The number of carbonyl (C=O) groups excluding carboxylic acids is 2. The minimum atomic E-state index is -0.538. The van der Waals surface area contributed by atoms with E-state index in [-0.39, 0.29) is 35.1 Å². The van der Waals surface area contributed by atoms with E-state index in [0.29, 0.717) is 25.5 Å². The van der Waals surface area contributed by atoms with Crippen LogP contribution >= 0.6 is 0 Å². The van der Waals surface area contributed by atoms with Crippen molar-refractivity contribution in [1.29, 1.82) is 0 Å². The van der Waals surface area contributed by atoms with Crippen LogP contribution in [0.15, 0.2) is 11.6 Å². The molecule has 6 heteroatoms. The number of aliphatic hydroxyl groups is 1. The van der Waals surface area contributed by atoms with Gasteiger partial charge < -0.3 is 19.9 Å². The summed E-state index contributed by atoms with van der Waals surface area (Å²) in [6.45, 7) is 7.49. The molecule has 3 fully saturated rings. The summed E-state index contributed by atoms with van der Waals surface area (Å²) in [4.78, 5) is 24.9. The zero-order valence-electron chi connectivity index (χ0n) is 19.2. The molecule has 0 heterocycles. The van der Waals surface area contributed by atoms with Crippen molar-refractivity contribution >= 4 is 11.9 Å². The molecule has 30 heavy (non-hydrogen) atoms. The van der Waals surface area contributed by atoms with Gasteiger partial charge in [0.25, 0.3) is 0 Å². The first kappa shape index (κ1) is 23.3. The lowest BCUT2D eigenvalue weighted by Crippen LogP contribution is -2.60. The molecule has 0 spiro atoms. The van der Waals surface area contributed by atoms with E-state index in [1.54, 1.807) is 6.08 Å². The maximum absolute atomic E-state index is 12.7. The van der Waals surface area contributed by atoms with Gasteiger partial charge in [0.1, 0.15) is 6.61 Å². The maximum atomic E-state index is 12.7. The van der Waals surface area contributed by atoms with Gasteiger partial charge in [-0.3, -0.25) is 4.79 Å². The van der Waals surface area contributed by atoms with Crippen LogP contribution in [0.25, 0.3) is 0 Å². The molecule has 7 atom stereocenters. The number of hydrogen-bond acceptors (Lipinski definition) is 6. The first-order valence-electron chi connectivity index (χ1n) is 11.5. The second kappa shape index (κ2) is 8.99. The average Bonchev–Trinajstić information content (AvgIpc) is 2.71. The molecule has 0 aromatic carbocycles. The summed E-state index contributed by atoms with van der Waals surface area (Å²) in [5.41, 5.74) is 0.542. The smallest absolute Gasteiger partial charge is 0.330 e. The highest BCUT2D eigenvalue weighted by atomic mass is 16.5. The summed E-state index contributed by atoms with van der Waals surface area (Å²) in [5.74, 6) is 0.249. The molecule has 0 unspecified atom stereocenters. The predicted octanol–water partition coefficient (Wildman–Crippen LogP) is 3.09. The van der Waals surface area contributed by atoms with E-state index in [9.17, 15) is 14.7 Å². The molecule has 0 aromatic heterocycles. The van der Waals surface area contributed by atoms with Gasteiger partial charge in [-0.1, -0.05) is 25.8 Å². The molecule has 170 valence electrons. The minimum Gasteiger partial charge on any atom is -0.469 e. The third-order valence-corrected chi connectivity index (χ3v) is 8.67.